The van der Waals surface area contributed by atoms with Gasteiger partial charge in [0.25, 0.3) is 0 Å². The highest BCUT2D eigenvalue weighted by Gasteiger charge is 2.02. The van der Waals surface area contributed by atoms with E-state index < -0.39 is 0 Å². The summed E-state index contributed by atoms with van der Waals surface area (Å²) in [6.45, 7) is 0. The zero-order valence-electron chi connectivity index (χ0n) is 6.28. The third-order valence-electron chi connectivity index (χ3n) is 1.51. The van der Waals surface area contributed by atoms with E-state index in [0.717, 1.165) is 15.5 Å². The number of thiophene rings is 1. The molecule has 0 saturated heterocycles. The van der Waals surface area contributed by atoms with Crippen LogP contribution in [0.25, 0.3) is 10.6 Å². The monoisotopic (exact) mass is 174 g/mol. The van der Waals surface area contributed by atoms with Gasteiger partial charge in [-0.2, -0.15) is 0 Å². The van der Waals surface area contributed by atoms with Crippen molar-refractivity contribution in [1.29, 1.82) is 0 Å². The van der Waals surface area contributed by atoms with Gasteiger partial charge < -0.3 is 4.42 Å². The molecule has 0 fully saturated rings. The van der Waals surface area contributed by atoms with Gasteiger partial charge in [0.1, 0.15) is 5.76 Å². The zero-order chi connectivity index (χ0) is 8.39. The van der Waals surface area contributed by atoms with Gasteiger partial charge in [0.05, 0.1) is 16.0 Å². The summed E-state index contributed by atoms with van der Waals surface area (Å²) < 4.78 is 5.22. The minimum atomic E-state index is 0.876. The van der Waals surface area contributed by atoms with Gasteiger partial charge in [-0.25, -0.2) is 0 Å². The Morgan fingerprint density at radius 1 is 1.33 bits per heavy atom. The Morgan fingerprint density at radius 3 is 2.83 bits per heavy atom. The predicted molar refractivity (Wildman–Crippen MR) is 50.0 cm³/mol. The van der Waals surface area contributed by atoms with E-state index in [1.807, 2.05) is 24.3 Å². The molecule has 0 aromatic carbocycles. The lowest BCUT2D eigenvalue weighted by molar-refractivity contribution is 0.584. The van der Waals surface area contributed by atoms with Crippen LogP contribution in [0.15, 0.2) is 34.9 Å². The highest BCUT2D eigenvalue weighted by atomic mass is 32.1. The molecule has 2 aromatic heterocycles. The standard InChI is InChI=1S/C10H6OS/c1-2-8-5-6-10(12-8)9-4-3-7-11-9/h1,3-7H. The summed E-state index contributed by atoms with van der Waals surface area (Å²) in [5.41, 5.74) is 0. The zero-order valence-corrected chi connectivity index (χ0v) is 7.10. The minimum absolute atomic E-state index is 0.876. The van der Waals surface area contributed by atoms with E-state index in [1.165, 1.54) is 0 Å². The highest BCUT2D eigenvalue weighted by Crippen LogP contribution is 2.27. The van der Waals surface area contributed by atoms with Crippen LogP contribution in [0.3, 0.4) is 0 Å². The Hall–Kier alpha value is -1.46. The Morgan fingerprint density at radius 2 is 2.25 bits per heavy atom. The lowest BCUT2D eigenvalue weighted by atomic mass is 10.3. The van der Waals surface area contributed by atoms with Crippen molar-refractivity contribution in [2.45, 2.75) is 0 Å². The maximum atomic E-state index is 5.25. The molecule has 0 radical (unpaired) electrons. The quantitative estimate of drug-likeness (QED) is 0.606. The lowest BCUT2D eigenvalue weighted by Crippen LogP contribution is -1.59. The second kappa shape index (κ2) is 2.88. The van der Waals surface area contributed by atoms with Crippen LogP contribution in [0.5, 0.6) is 0 Å². The summed E-state index contributed by atoms with van der Waals surface area (Å²) in [6, 6.07) is 7.68. The average molecular weight is 174 g/mol. The lowest BCUT2D eigenvalue weighted by Gasteiger charge is -1.85. The second-order valence-electron chi connectivity index (χ2n) is 2.29. The van der Waals surface area contributed by atoms with Crippen molar-refractivity contribution in [2.24, 2.45) is 0 Å². The van der Waals surface area contributed by atoms with Gasteiger partial charge in [-0.1, -0.05) is 5.92 Å². The molecule has 2 rings (SSSR count). The van der Waals surface area contributed by atoms with E-state index in [9.17, 15) is 0 Å². The van der Waals surface area contributed by atoms with E-state index in [4.69, 9.17) is 10.8 Å². The molecular formula is C10H6OS. The first-order valence-electron chi connectivity index (χ1n) is 3.50. The van der Waals surface area contributed by atoms with Crippen molar-refractivity contribution in [1.82, 2.24) is 0 Å². The van der Waals surface area contributed by atoms with Crippen LogP contribution >= 0.6 is 11.3 Å². The molecule has 0 N–H and O–H groups in total. The molecule has 2 heterocycles. The minimum Gasteiger partial charge on any atom is -0.464 e. The van der Waals surface area contributed by atoms with E-state index in [0.29, 0.717) is 0 Å². The molecule has 2 aromatic rings. The normalized spacial score (nSPS) is 9.58. The summed E-state index contributed by atoms with van der Waals surface area (Å²) >= 11 is 1.56. The van der Waals surface area contributed by atoms with Gasteiger partial charge in [-0.3, -0.25) is 0 Å². The van der Waals surface area contributed by atoms with Crippen molar-refractivity contribution in [3.8, 4) is 23.0 Å². The molecule has 1 nitrogen and oxygen atoms in total. The van der Waals surface area contributed by atoms with Crippen molar-refractivity contribution in [3.05, 3.63) is 35.4 Å². The fourth-order valence-electron chi connectivity index (χ4n) is 0.967. The van der Waals surface area contributed by atoms with E-state index in [2.05, 4.69) is 5.92 Å². The molecule has 58 valence electrons. The number of furan rings is 1. The van der Waals surface area contributed by atoms with Crippen LogP contribution in [0.2, 0.25) is 0 Å². The van der Waals surface area contributed by atoms with E-state index >= 15 is 0 Å². The Bertz CT molecular complexity index is 403. The van der Waals surface area contributed by atoms with Crippen molar-refractivity contribution >= 4 is 11.3 Å². The molecular weight excluding hydrogens is 168 g/mol. The van der Waals surface area contributed by atoms with Gasteiger partial charge in [0.15, 0.2) is 0 Å². The van der Waals surface area contributed by atoms with Crippen LogP contribution in [-0.2, 0) is 0 Å². The Balaban J connectivity index is 2.44. The van der Waals surface area contributed by atoms with Gasteiger partial charge in [0, 0.05) is 0 Å². The second-order valence-corrected chi connectivity index (χ2v) is 3.37. The predicted octanol–water partition coefficient (Wildman–Crippen LogP) is 2.99. The largest absolute Gasteiger partial charge is 0.464 e. The Kier molecular flexibility index (Phi) is 1.73. The topological polar surface area (TPSA) is 13.1 Å². The number of hydrogen-bond donors (Lipinski definition) is 0. The van der Waals surface area contributed by atoms with Crippen molar-refractivity contribution in [2.75, 3.05) is 0 Å². The third kappa shape index (κ3) is 1.15. The molecule has 2 heteroatoms. The fourth-order valence-corrected chi connectivity index (χ4v) is 1.75. The number of hydrogen-bond acceptors (Lipinski definition) is 2. The van der Waals surface area contributed by atoms with Crippen LogP contribution in [0.1, 0.15) is 4.88 Å². The van der Waals surface area contributed by atoms with Crippen molar-refractivity contribution in [3.63, 3.8) is 0 Å². The van der Waals surface area contributed by atoms with Gasteiger partial charge in [0.2, 0.25) is 0 Å². The molecule has 0 unspecified atom stereocenters. The number of terminal acetylenes is 1. The average Bonchev–Trinajstić information content (AvgIpc) is 2.75. The molecule has 0 saturated carbocycles. The SMILES string of the molecule is C#Cc1ccc(-c2ccco2)s1. The molecule has 12 heavy (non-hydrogen) atoms. The summed E-state index contributed by atoms with van der Waals surface area (Å²) in [6.07, 6.45) is 6.90. The summed E-state index contributed by atoms with van der Waals surface area (Å²) in [7, 11) is 0. The maximum Gasteiger partial charge on any atom is 0.143 e. The maximum absolute atomic E-state index is 5.25. The molecule has 0 aliphatic heterocycles. The summed E-state index contributed by atoms with van der Waals surface area (Å²) in [5, 5.41) is 0. The van der Waals surface area contributed by atoms with E-state index in [1.54, 1.807) is 17.6 Å². The van der Waals surface area contributed by atoms with Crippen LogP contribution in [-0.4, -0.2) is 0 Å². The van der Waals surface area contributed by atoms with E-state index in [-0.39, 0.29) is 0 Å². The molecule has 0 spiro atoms. The molecule has 0 aliphatic carbocycles. The first kappa shape index (κ1) is 7.20. The highest BCUT2D eigenvalue weighted by molar-refractivity contribution is 7.15. The first-order chi connectivity index (χ1) is 5.90. The van der Waals surface area contributed by atoms with Gasteiger partial charge >= 0.3 is 0 Å². The molecule has 0 bridgehead atoms. The molecule has 0 atom stereocenters. The van der Waals surface area contributed by atoms with Crippen LogP contribution < -0.4 is 0 Å². The Labute approximate surface area is 74.7 Å². The number of rotatable bonds is 1. The first-order valence-corrected chi connectivity index (χ1v) is 4.32. The molecule has 0 amide bonds. The van der Waals surface area contributed by atoms with Crippen LogP contribution in [0, 0.1) is 12.3 Å². The summed E-state index contributed by atoms with van der Waals surface area (Å²) in [5.74, 6) is 3.46. The fraction of sp³-hybridized carbons (Fsp3) is 0. The third-order valence-corrected chi connectivity index (χ3v) is 2.54. The smallest absolute Gasteiger partial charge is 0.143 e. The van der Waals surface area contributed by atoms with Gasteiger partial charge in [-0.05, 0) is 24.3 Å². The summed E-state index contributed by atoms with van der Waals surface area (Å²) in [4.78, 5) is 2.01. The van der Waals surface area contributed by atoms with Crippen molar-refractivity contribution < 1.29 is 4.42 Å². The van der Waals surface area contributed by atoms with Gasteiger partial charge in [-0.15, -0.1) is 17.8 Å². The van der Waals surface area contributed by atoms with Crippen LogP contribution in [0.4, 0.5) is 0 Å². The molecule has 0 aliphatic rings.